The largest absolute Gasteiger partial charge is 0.388 e. The summed E-state index contributed by atoms with van der Waals surface area (Å²) in [7, 11) is 6.19. The van der Waals surface area contributed by atoms with Gasteiger partial charge in [-0.05, 0) is 19.7 Å². The minimum atomic E-state index is -0.492. The van der Waals surface area contributed by atoms with Crippen LogP contribution >= 0.6 is 11.3 Å². The number of benzene rings is 1. The molecular formula is C16H23N3OS. The second-order valence-corrected chi connectivity index (χ2v) is 6.31. The Labute approximate surface area is 130 Å². The summed E-state index contributed by atoms with van der Waals surface area (Å²) in [4.78, 5) is 8.93. The van der Waals surface area contributed by atoms with E-state index in [0.717, 1.165) is 29.5 Å². The molecule has 21 heavy (non-hydrogen) atoms. The number of rotatable bonds is 7. The molecule has 4 nitrogen and oxygen atoms in total. The lowest BCUT2D eigenvalue weighted by atomic mass is 10.1. The van der Waals surface area contributed by atoms with E-state index in [4.69, 9.17) is 0 Å². The number of aliphatic hydroxyl groups is 1. The van der Waals surface area contributed by atoms with E-state index in [0.29, 0.717) is 6.42 Å². The van der Waals surface area contributed by atoms with E-state index >= 15 is 0 Å². The summed E-state index contributed by atoms with van der Waals surface area (Å²) >= 11 is 1.63. The van der Waals surface area contributed by atoms with Crippen LogP contribution in [0.1, 0.15) is 17.4 Å². The van der Waals surface area contributed by atoms with Crippen LogP contribution in [0.25, 0.3) is 0 Å². The molecule has 1 atom stereocenters. The first-order chi connectivity index (χ1) is 10.1. The van der Waals surface area contributed by atoms with E-state index in [1.54, 1.807) is 11.3 Å². The van der Waals surface area contributed by atoms with E-state index < -0.39 is 6.10 Å². The summed E-state index contributed by atoms with van der Waals surface area (Å²) in [5.41, 5.74) is 1.89. The van der Waals surface area contributed by atoms with Crippen molar-refractivity contribution in [3.8, 4) is 0 Å². The molecular weight excluding hydrogens is 282 g/mol. The molecule has 0 aliphatic rings. The zero-order chi connectivity index (χ0) is 15.2. The third-order valence-corrected chi connectivity index (χ3v) is 4.34. The molecule has 2 rings (SSSR count). The molecule has 2 aromatic rings. The molecule has 0 fully saturated rings. The van der Waals surface area contributed by atoms with Crippen LogP contribution in [0, 0.1) is 0 Å². The molecule has 1 unspecified atom stereocenters. The first kappa shape index (κ1) is 15.9. The summed E-state index contributed by atoms with van der Waals surface area (Å²) in [5.74, 6) is 0. The molecule has 1 aromatic carbocycles. The standard InChI is InChI=1S/C16H23N3OS/c1-18(2)9-10-19(3)16-17-14(12-21-16)11-15(20)13-7-5-4-6-8-13/h4-8,12,15,20H,9-11H2,1-3H3. The molecule has 1 heterocycles. The molecule has 0 radical (unpaired) electrons. The highest BCUT2D eigenvalue weighted by Gasteiger charge is 2.12. The molecule has 0 saturated heterocycles. The number of anilines is 1. The number of aromatic nitrogens is 1. The van der Waals surface area contributed by atoms with Crippen molar-refractivity contribution in [3.63, 3.8) is 0 Å². The van der Waals surface area contributed by atoms with Crippen molar-refractivity contribution < 1.29 is 5.11 Å². The van der Waals surface area contributed by atoms with Crippen molar-refractivity contribution in [3.05, 3.63) is 47.0 Å². The number of aliphatic hydroxyl groups excluding tert-OH is 1. The van der Waals surface area contributed by atoms with Gasteiger partial charge in [0, 0.05) is 31.9 Å². The van der Waals surface area contributed by atoms with Crippen LogP contribution < -0.4 is 4.90 Å². The second kappa shape index (κ2) is 7.54. The minimum Gasteiger partial charge on any atom is -0.388 e. The topological polar surface area (TPSA) is 39.6 Å². The van der Waals surface area contributed by atoms with Crippen LogP contribution in [0.3, 0.4) is 0 Å². The summed E-state index contributed by atoms with van der Waals surface area (Å²) in [6.07, 6.45) is 0.0652. The number of hydrogen-bond acceptors (Lipinski definition) is 5. The van der Waals surface area contributed by atoms with Crippen LogP contribution in [0.2, 0.25) is 0 Å². The lowest BCUT2D eigenvalue weighted by molar-refractivity contribution is 0.177. The summed E-state index contributed by atoms with van der Waals surface area (Å²) in [6, 6.07) is 9.74. The molecule has 114 valence electrons. The van der Waals surface area contributed by atoms with Crippen LogP contribution in [0.5, 0.6) is 0 Å². The molecule has 0 aliphatic carbocycles. The summed E-state index contributed by atoms with van der Waals surface area (Å²) < 4.78 is 0. The third-order valence-electron chi connectivity index (χ3n) is 3.34. The van der Waals surface area contributed by atoms with Gasteiger partial charge in [0.05, 0.1) is 11.8 Å². The molecule has 0 saturated carbocycles. The van der Waals surface area contributed by atoms with Crippen molar-refractivity contribution in [1.82, 2.24) is 9.88 Å². The fourth-order valence-corrected chi connectivity index (χ4v) is 2.83. The zero-order valence-corrected chi connectivity index (χ0v) is 13.7. The number of thiazole rings is 1. The lowest BCUT2D eigenvalue weighted by Gasteiger charge is -2.18. The van der Waals surface area contributed by atoms with Gasteiger partial charge >= 0.3 is 0 Å². The molecule has 0 aliphatic heterocycles. The number of nitrogens with zero attached hydrogens (tertiary/aromatic N) is 3. The maximum Gasteiger partial charge on any atom is 0.185 e. The molecule has 5 heteroatoms. The average molecular weight is 305 g/mol. The van der Waals surface area contributed by atoms with Gasteiger partial charge in [0.1, 0.15) is 0 Å². The van der Waals surface area contributed by atoms with E-state index in [1.807, 2.05) is 35.7 Å². The Balaban J connectivity index is 1.94. The maximum atomic E-state index is 10.2. The second-order valence-electron chi connectivity index (χ2n) is 5.48. The lowest BCUT2D eigenvalue weighted by Crippen LogP contribution is -2.28. The van der Waals surface area contributed by atoms with Gasteiger partial charge in [-0.2, -0.15) is 0 Å². The summed E-state index contributed by atoms with van der Waals surface area (Å²) in [5, 5.41) is 13.3. The Hall–Kier alpha value is -1.43. The third kappa shape index (κ3) is 4.81. The Bertz CT molecular complexity index is 541. The SMILES string of the molecule is CN(C)CCN(C)c1nc(CC(O)c2ccccc2)cs1. The van der Waals surface area contributed by atoms with Gasteiger partial charge in [-0.25, -0.2) is 4.98 Å². The van der Waals surface area contributed by atoms with Gasteiger partial charge in [0.2, 0.25) is 0 Å². The van der Waals surface area contributed by atoms with Crippen molar-refractivity contribution in [1.29, 1.82) is 0 Å². The Kier molecular flexibility index (Phi) is 5.73. The van der Waals surface area contributed by atoms with Crippen molar-refractivity contribution >= 4 is 16.5 Å². The molecule has 0 amide bonds. The quantitative estimate of drug-likeness (QED) is 0.853. The van der Waals surface area contributed by atoms with Gasteiger partial charge in [-0.1, -0.05) is 30.3 Å². The van der Waals surface area contributed by atoms with E-state index in [1.165, 1.54) is 0 Å². The molecule has 0 bridgehead atoms. The first-order valence-electron chi connectivity index (χ1n) is 7.09. The zero-order valence-electron chi connectivity index (χ0n) is 12.9. The molecule has 1 N–H and O–H groups in total. The fraction of sp³-hybridized carbons (Fsp3) is 0.438. The number of likely N-dealkylation sites (N-methyl/N-ethyl adjacent to an activating group) is 2. The van der Waals surface area contributed by atoms with Gasteiger partial charge in [-0.3, -0.25) is 0 Å². The highest BCUT2D eigenvalue weighted by Crippen LogP contribution is 2.23. The van der Waals surface area contributed by atoms with E-state index in [9.17, 15) is 5.11 Å². The Morgan fingerprint density at radius 1 is 1.14 bits per heavy atom. The van der Waals surface area contributed by atoms with Gasteiger partial charge in [0.15, 0.2) is 5.13 Å². The molecule has 1 aromatic heterocycles. The first-order valence-corrected chi connectivity index (χ1v) is 7.97. The highest BCUT2D eigenvalue weighted by atomic mass is 32.1. The van der Waals surface area contributed by atoms with Crippen molar-refractivity contribution in [2.45, 2.75) is 12.5 Å². The van der Waals surface area contributed by atoms with Gasteiger partial charge < -0.3 is 14.9 Å². The smallest absolute Gasteiger partial charge is 0.185 e. The Morgan fingerprint density at radius 2 is 1.86 bits per heavy atom. The van der Waals surface area contributed by atoms with Crippen LogP contribution in [-0.4, -0.2) is 49.2 Å². The number of hydrogen-bond donors (Lipinski definition) is 1. The molecule has 0 spiro atoms. The van der Waals surface area contributed by atoms with Crippen LogP contribution in [0.15, 0.2) is 35.7 Å². The van der Waals surface area contributed by atoms with Crippen LogP contribution in [0.4, 0.5) is 5.13 Å². The van der Waals surface area contributed by atoms with Crippen molar-refractivity contribution in [2.75, 3.05) is 39.1 Å². The van der Waals surface area contributed by atoms with Crippen molar-refractivity contribution in [2.24, 2.45) is 0 Å². The predicted octanol–water partition coefficient (Wildman–Crippen LogP) is 2.42. The van der Waals surface area contributed by atoms with Gasteiger partial charge in [0.25, 0.3) is 0 Å². The normalized spacial score (nSPS) is 12.6. The summed E-state index contributed by atoms with van der Waals surface area (Å²) in [6.45, 7) is 1.94. The van der Waals surface area contributed by atoms with E-state index in [2.05, 4.69) is 35.9 Å². The minimum absolute atomic E-state index is 0.492. The van der Waals surface area contributed by atoms with E-state index in [-0.39, 0.29) is 0 Å². The fourth-order valence-electron chi connectivity index (χ4n) is 2.00. The highest BCUT2D eigenvalue weighted by molar-refractivity contribution is 7.13. The van der Waals surface area contributed by atoms with Crippen LogP contribution in [-0.2, 0) is 6.42 Å². The maximum absolute atomic E-state index is 10.2. The monoisotopic (exact) mass is 305 g/mol. The Morgan fingerprint density at radius 3 is 2.52 bits per heavy atom. The average Bonchev–Trinajstić information content (AvgIpc) is 2.94. The predicted molar refractivity (Wildman–Crippen MR) is 89.0 cm³/mol. The van der Waals surface area contributed by atoms with Gasteiger partial charge in [-0.15, -0.1) is 11.3 Å².